The second-order valence-electron chi connectivity index (χ2n) is 13.1. The molecule has 3 aromatic heterocycles. The van der Waals surface area contributed by atoms with Gasteiger partial charge in [0.25, 0.3) is 0 Å². The molecule has 2 aliphatic heterocycles. The Morgan fingerprint density at radius 1 is 1.24 bits per heavy atom. The fraction of sp³-hybridized carbons (Fsp3) is 0.621. The minimum Gasteiger partial charge on any atom is -0.458 e. The predicted octanol–water partition coefficient (Wildman–Crippen LogP) is 2.42. The highest BCUT2D eigenvalue weighted by Crippen LogP contribution is 2.88. The fourth-order valence-corrected chi connectivity index (χ4v) is 10.3. The maximum Gasteiger partial charge on any atom is 0.319 e. The summed E-state index contributed by atoms with van der Waals surface area (Å²) in [5, 5.41) is 18.3. The van der Waals surface area contributed by atoms with E-state index in [0.717, 1.165) is 73.5 Å². The van der Waals surface area contributed by atoms with Crippen molar-refractivity contribution in [2.75, 3.05) is 50.4 Å². The first-order valence-corrected chi connectivity index (χ1v) is 15.6. The summed E-state index contributed by atoms with van der Waals surface area (Å²) < 4.78 is 12.6. The molecule has 6 unspecified atom stereocenters. The molecule has 0 aromatic carbocycles. The number of rotatable bonds is 5. The third-order valence-corrected chi connectivity index (χ3v) is 12.2. The van der Waals surface area contributed by atoms with Gasteiger partial charge in [-0.1, -0.05) is 5.16 Å². The van der Waals surface area contributed by atoms with Crippen LogP contribution in [0, 0.1) is 34.5 Å². The van der Waals surface area contributed by atoms with Gasteiger partial charge in [0.15, 0.2) is 0 Å². The van der Waals surface area contributed by atoms with E-state index in [1.54, 1.807) is 0 Å². The maximum absolute atomic E-state index is 9.89. The van der Waals surface area contributed by atoms with Crippen LogP contribution in [0.5, 0.6) is 6.01 Å². The lowest BCUT2D eigenvalue weighted by molar-refractivity contribution is 0.0887. The van der Waals surface area contributed by atoms with Gasteiger partial charge < -0.3 is 25.2 Å². The molecule has 3 aromatic rings. The van der Waals surface area contributed by atoms with Crippen LogP contribution in [0.1, 0.15) is 48.1 Å². The lowest BCUT2D eigenvalue weighted by Crippen LogP contribution is -2.44. The Morgan fingerprint density at radius 3 is 2.93 bits per heavy atom. The zero-order chi connectivity index (χ0) is 27.7. The molecule has 12 heteroatoms. The number of hydrogen-bond acceptors (Lipinski definition) is 12. The van der Waals surface area contributed by atoms with E-state index in [4.69, 9.17) is 29.9 Å². The highest BCUT2D eigenvalue weighted by atomic mass is 32.1. The number of aromatic nitrogens is 4. The van der Waals surface area contributed by atoms with Crippen LogP contribution >= 0.6 is 11.3 Å². The van der Waals surface area contributed by atoms with Crippen molar-refractivity contribution < 1.29 is 9.26 Å². The zero-order valence-electron chi connectivity index (χ0n) is 23.3. The molecule has 6 aliphatic rings. The number of aryl methyl sites for hydroxylation is 1. The number of nitrogens with two attached hydrogens (primary N) is 1. The Kier molecular flexibility index (Phi) is 4.85. The Morgan fingerprint density at radius 2 is 2.10 bits per heavy atom. The number of likely N-dealkylation sites (N-methyl/N-ethyl adjacent to an activating group) is 1. The molecule has 5 heterocycles. The van der Waals surface area contributed by atoms with Crippen molar-refractivity contribution in [1.29, 1.82) is 5.26 Å². The third-order valence-electron chi connectivity index (χ3n) is 11.1. The average molecular weight is 572 g/mol. The summed E-state index contributed by atoms with van der Waals surface area (Å²) in [4.78, 5) is 20.6. The molecule has 41 heavy (non-hydrogen) atoms. The van der Waals surface area contributed by atoms with Gasteiger partial charge in [0.2, 0.25) is 11.7 Å². The number of fused-ring (bicyclic) bond motifs is 1. The number of anilines is 2. The molecule has 0 radical (unpaired) electrons. The van der Waals surface area contributed by atoms with Crippen LogP contribution < -0.4 is 20.7 Å². The number of nitrogens with one attached hydrogen (secondary N) is 1. The summed E-state index contributed by atoms with van der Waals surface area (Å²) in [7, 11) is 2.23. The summed E-state index contributed by atoms with van der Waals surface area (Å²) in [5.74, 6) is 3.99. The molecule has 4 aliphatic carbocycles. The van der Waals surface area contributed by atoms with Gasteiger partial charge in [-0.05, 0) is 56.9 Å². The summed E-state index contributed by atoms with van der Waals surface area (Å²) in [5.41, 5.74) is 8.27. The van der Waals surface area contributed by atoms with Crippen LogP contribution in [0.25, 0.3) is 11.5 Å². The van der Waals surface area contributed by atoms with Crippen LogP contribution in [-0.2, 0) is 11.8 Å². The number of hydrogen-bond donors (Lipinski definition) is 2. The summed E-state index contributed by atoms with van der Waals surface area (Å²) in [6.45, 7) is 6.78. The van der Waals surface area contributed by atoms with E-state index in [1.807, 2.05) is 6.07 Å². The van der Waals surface area contributed by atoms with Crippen molar-refractivity contribution in [2.45, 2.75) is 50.2 Å². The number of piperazine rings is 1. The molecular formula is C29H33N9O2S. The van der Waals surface area contributed by atoms with E-state index < -0.39 is 5.41 Å². The molecule has 1 spiro atoms. The molecule has 3 saturated carbocycles. The first-order chi connectivity index (χ1) is 19.9. The quantitative estimate of drug-likeness (QED) is 0.466. The lowest BCUT2D eigenvalue weighted by atomic mass is 9.72. The number of likely N-dealkylation sites (tertiary alicyclic amines) is 1. The van der Waals surface area contributed by atoms with Crippen molar-refractivity contribution in [3.8, 4) is 23.6 Å². The second-order valence-corrected chi connectivity index (χ2v) is 14.2. The van der Waals surface area contributed by atoms with Gasteiger partial charge in [0, 0.05) is 55.1 Å². The first kappa shape index (κ1) is 24.3. The van der Waals surface area contributed by atoms with Crippen LogP contribution in [0.2, 0.25) is 0 Å². The van der Waals surface area contributed by atoms with Crippen molar-refractivity contribution in [3.05, 3.63) is 28.0 Å². The Balaban J connectivity index is 1.08. The molecule has 2 saturated heterocycles. The first-order valence-electron chi connectivity index (χ1n) is 14.8. The van der Waals surface area contributed by atoms with Crippen LogP contribution in [-0.4, -0.2) is 76.9 Å². The van der Waals surface area contributed by atoms with Crippen LogP contribution in [0.3, 0.4) is 0 Å². The van der Waals surface area contributed by atoms with Gasteiger partial charge in [-0.15, -0.1) is 11.3 Å². The molecule has 0 bridgehead atoms. The number of ether oxygens (including phenoxy) is 1. The number of thiophene rings is 1. The van der Waals surface area contributed by atoms with E-state index in [2.05, 4.69) is 40.3 Å². The Bertz CT molecular complexity index is 1620. The van der Waals surface area contributed by atoms with E-state index in [1.165, 1.54) is 24.3 Å². The molecule has 3 N–H and O–H groups in total. The Hall–Kier alpha value is -3.27. The second kappa shape index (κ2) is 8.18. The smallest absolute Gasteiger partial charge is 0.319 e. The topological polar surface area (TPSA) is 142 Å². The molecule has 9 rings (SSSR count). The monoisotopic (exact) mass is 571 g/mol. The molecule has 0 amide bonds. The minimum absolute atomic E-state index is 0.128. The predicted molar refractivity (Wildman–Crippen MR) is 152 cm³/mol. The third kappa shape index (κ3) is 3.20. The number of nitrogens with zero attached hydrogens (tertiary/aromatic N) is 7. The maximum atomic E-state index is 9.89. The van der Waals surface area contributed by atoms with Crippen molar-refractivity contribution in [1.82, 2.24) is 30.3 Å². The number of nitrogen functional groups attached to an aromatic ring is 1. The normalized spacial score (nSPS) is 36.4. The van der Waals surface area contributed by atoms with Crippen molar-refractivity contribution in [3.63, 3.8) is 0 Å². The van der Waals surface area contributed by atoms with Gasteiger partial charge in [0.1, 0.15) is 28.7 Å². The molecular weight excluding hydrogens is 538 g/mol. The SMILES string of the molecule is CN1CC2C3C1C(Oc1nc(-c4noc([C@@]5(C)CCCc6sc(N)c(C#N)c65)n4)cc(N4CCNCC4)n1)C1CC123. The van der Waals surface area contributed by atoms with E-state index in [-0.39, 0.29) is 6.10 Å². The summed E-state index contributed by atoms with van der Waals surface area (Å²) in [6, 6.07) is 5.13. The zero-order valence-corrected chi connectivity index (χ0v) is 24.1. The van der Waals surface area contributed by atoms with Crippen molar-refractivity contribution >= 4 is 22.2 Å². The summed E-state index contributed by atoms with van der Waals surface area (Å²) in [6.07, 6.45) is 4.09. The van der Waals surface area contributed by atoms with Gasteiger partial charge in [-0.25, -0.2) is 0 Å². The van der Waals surface area contributed by atoms with E-state index >= 15 is 0 Å². The lowest BCUT2D eigenvalue weighted by Gasteiger charge is -2.30. The van der Waals surface area contributed by atoms with Crippen LogP contribution in [0.4, 0.5) is 10.8 Å². The largest absolute Gasteiger partial charge is 0.458 e. The highest BCUT2D eigenvalue weighted by molar-refractivity contribution is 7.16. The summed E-state index contributed by atoms with van der Waals surface area (Å²) >= 11 is 1.50. The number of nitriles is 1. The average Bonchev–Trinajstić information content (AvgIpc) is 3.48. The molecule has 7 atom stereocenters. The highest BCUT2D eigenvalue weighted by Gasteiger charge is 2.90. The van der Waals surface area contributed by atoms with Gasteiger partial charge in [-0.3, -0.25) is 4.90 Å². The fourth-order valence-electron chi connectivity index (χ4n) is 9.14. The van der Waals surface area contributed by atoms with Crippen LogP contribution in [0.15, 0.2) is 10.6 Å². The van der Waals surface area contributed by atoms with E-state index in [0.29, 0.717) is 51.4 Å². The molecule has 11 nitrogen and oxygen atoms in total. The minimum atomic E-state index is -0.583. The standard InChI is InChI=1S/C29H33N9O2S/c1-28(5-3-4-18-20(28)14(12-30)24(31)41-18)26-35-25(36-40-26)17-10-19(38-8-6-32-7-9-38)34-27(33-17)39-23-15-11-29(15)16-13-37(2)22(23)21(16)29/h10,15-16,21-23,32H,3-9,11,13,31H2,1-2H3/t15?,16?,21?,22?,23?,28-,29?/m0/s1. The van der Waals surface area contributed by atoms with Gasteiger partial charge in [0.05, 0.1) is 17.0 Å². The van der Waals surface area contributed by atoms with Gasteiger partial charge >= 0.3 is 6.01 Å². The molecule has 212 valence electrons. The molecule has 5 fully saturated rings. The van der Waals surface area contributed by atoms with Gasteiger partial charge in [-0.2, -0.15) is 20.2 Å². The van der Waals surface area contributed by atoms with Crippen molar-refractivity contribution in [2.24, 2.45) is 23.2 Å². The van der Waals surface area contributed by atoms with E-state index in [9.17, 15) is 5.26 Å². The Labute approximate surface area is 242 Å². The number of piperidine rings is 1.